The molecule has 2 aromatic rings. The summed E-state index contributed by atoms with van der Waals surface area (Å²) in [5, 5.41) is 13.3. The molecule has 8 heteroatoms. The van der Waals surface area contributed by atoms with E-state index in [4.69, 9.17) is 5.73 Å². The van der Waals surface area contributed by atoms with Gasteiger partial charge in [0.05, 0.1) is 4.92 Å². The molecule has 0 saturated carbocycles. The molecule has 0 atom stereocenters. The van der Waals surface area contributed by atoms with Crippen LogP contribution < -0.4 is 11.1 Å². The highest BCUT2D eigenvalue weighted by Crippen LogP contribution is 2.21. The number of H-pyrrole nitrogens is 1. The van der Waals surface area contributed by atoms with Gasteiger partial charge in [0.2, 0.25) is 0 Å². The van der Waals surface area contributed by atoms with Gasteiger partial charge >= 0.3 is 0 Å². The number of benzene rings is 1. The van der Waals surface area contributed by atoms with Crippen molar-refractivity contribution in [1.29, 1.82) is 0 Å². The summed E-state index contributed by atoms with van der Waals surface area (Å²) < 4.78 is 0. The van der Waals surface area contributed by atoms with Gasteiger partial charge in [-0.05, 0) is 12.1 Å². The minimum Gasteiger partial charge on any atom is -0.393 e. The number of nitro benzene ring substituents is 1. The predicted molar refractivity (Wildman–Crippen MR) is 72.1 cm³/mol. The Bertz CT molecular complexity index is 624. The van der Waals surface area contributed by atoms with Crippen LogP contribution in [0.4, 0.5) is 11.4 Å². The number of nitrogens with two attached hydrogens (primary N) is 1. The van der Waals surface area contributed by atoms with E-state index < -0.39 is 4.92 Å². The quantitative estimate of drug-likeness (QED) is 0.424. The fourth-order valence-electron chi connectivity index (χ4n) is 1.69. The monoisotopic (exact) mass is 275 g/mol. The van der Waals surface area contributed by atoms with Gasteiger partial charge in [0.15, 0.2) is 0 Å². The van der Waals surface area contributed by atoms with Crippen molar-refractivity contribution < 1.29 is 9.72 Å². The lowest BCUT2D eigenvalue weighted by Gasteiger charge is -2.05. The molecule has 1 amide bonds. The van der Waals surface area contributed by atoms with E-state index >= 15 is 0 Å². The Morgan fingerprint density at radius 3 is 2.90 bits per heavy atom. The third kappa shape index (κ3) is 3.10. The number of nitrogens with one attached hydrogen (secondary N) is 2. The van der Waals surface area contributed by atoms with E-state index in [0.29, 0.717) is 13.0 Å². The number of nitrogens with zero attached hydrogens (tertiary/aromatic N) is 2. The maximum atomic E-state index is 11.8. The minimum absolute atomic E-state index is 0.0336. The molecule has 8 nitrogen and oxygen atoms in total. The van der Waals surface area contributed by atoms with Crippen LogP contribution in [-0.2, 0) is 6.42 Å². The Morgan fingerprint density at radius 2 is 2.30 bits per heavy atom. The van der Waals surface area contributed by atoms with E-state index in [1.54, 1.807) is 12.4 Å². The number of anilines is 1. The molecule has 0 bridgehead atoms. The van der Waals surface area contributed by atoms with Crippen molar-refractivity contribution in [3.05, 3.63) is 52.1 Å². The maximum absolute atomic E-state index is 11.8. The molecular formula is C12H13N5O3. The smallest absolute Gasteiger partial charge is 0.292 e. The third-order valence-corrected chi connectivity index (χ3v) is 2.69. The van der Waals surface area contributed by atoms with Crippen LogP contribution in [0, 0.1) is 10.1 Å². The molecule has 20 heavy (non-hydrogen) atoms. The van der Waals surface area contributed by atoms with Crippen molar-refractivity contribution >= 4 is 17.3 Å². The van der Waals surface area contributed by atoms with Crippen LogP contribution in [0.15, 0.2) is 30.6 Å². The Balaban J connectivity index is 1.95. The number of hydrogen-bond donors (Lipinski definition) is 3. The van der Waals surface area contributed by atoms with Crippen molar-refractivity contribution in [2.75, 3.05) is 12.3 Å². The first-order valence-corrected chi connectivity index (χ1v) is 5.88. The lowest BCUT2D eigenvalue weighted by molar-refractivity contribution is -0.383. The van der Waals surface area contributed by atoms with E-state index in [1.165, 1.54) is 18.2 Å². The van der Waals surface area contributed by atoms with E-state index in [2.05, 4.69) is 15.3 Å². The van der Waals surface area contributed by atoms with Crippen molar-refractivity contribution in [2.24, 2.45) is 0 Å². The standard InChI is InChI=1S/C12H13N5O3/c13-9-7-8(1-2-10(9)17(19)20)12(18)16-4-3-11-14-5-6-15-11/h1-2,5-7H,3-4,13H2,(H,14,15)(H,16,18). The number of rotatable bonds is 5. The molecule has 0 aliphatic rings. The molecule has 0 radical (unpaired) electrons. The number of nitrogen functional groups attached to an aromatic ring is 1. The summed E-state index contributed by atoms with van der Waals surface area (Å²) in [6, 6.07) is 3.88. The number of carbonyl (C=O) groups is 1. The number of nitro groups is 1. The molecule has 0 spiro atoms. The lowest BCUT2D eigenvalue weighted by atomic mass is 10.1. The summed E-state index contributed by atoms with van der Waals surface area (Å²) in [5.74, 6) is 0.437. The van der Waals surface area contributed by atoms with Crippen LogP contribution in [0.1, 0.15) is 16.2 Å². The molecule has 1 heterocycles. The Kier molecular flexibility index (Phi) is 3.94. The second kappa shape index (κ2) is 5.83. The third-order valence-electron chi connectivity index (χ3n) is 2.69. The highest BCUT2D eigenvalue weighted by Gasteiger charge is 2.14. The van der Waals surface area contributed by atoms with Crippen molar-refractivity contribution in [2.45, 2.75) is 6.42 Å². The number of carbonyl (C=O) groups excluding carboxylic acids is 1. The van der Waals surface area contributed by atoms with Crippen LogP contribution in [0.25, 0.3) is 0 Å². The zero-order valence-corrected chi connectivity index (χ0v) is 10.5. The van der Waals surface area contributed by atoms with Gasteiger partial charge in [-0.2, -0.15) is 0 Å². The molecular weight excluding hydrogens is 262 g/mol. The van der Waals surface area contributed by atoms with Gasteiger partial charge in [0, 0.05) is 37.0 Å². The van der Waals surface area contributed by atoms with Gasteiger partial charge in [0.25, 0.3) is 11.6 Å². The van der Waals surface area contributed by atoms with Crippen molar-refractivity contribution in [1.82, 2.24) is 15.3 Å². The Hall–Kier alpha value is -2.90. The number of aromatic amines is 1. The SMILES string of the molecule is Nc1cc(C(=O)NCCc2ncc[nH]2)ccc1[N+](=O)[O-]. The molecule has 1 aromatic carbocycles. The Morgan fingerprint density at radius 1 is 1.50 bits per heavy atom. The number of aromatic nitrogens is 2. The van der Waals surface area contributed by atoms with Gasteiger partial charge in [-0.15, -0.1) is 0 Å². The van der Waals surface area contributed by atoms with E-state index in [9.17, 15) is 14.9 Å². The van der Waals surface area contributed by atoms with Gasteiger partial charge in [-0.1, -0.05) is 0 Å². The van der Waals surface area contributed by atoms with Crippen LogP contribution in [0.2, 0.25) is 0 Å². The fraction of sp³-hybridized carbons (Fsp3) is 0.167. The van der Waals surface area contributed by atoms with E-state index in [-0.39, 0.29) is 22.8 Å². The molecule has 2 rings (SSSR count). The maximum Gasteiger partial charge on any atom is 0.292 e. The summed E-state index contributed by atoms with van der Waals surface area (Å²) >= 11 is 0. The molecule has 0 unspecified atom stereocenters. The summed E-state index contributed by atoms with van der Waals surface area (Å²) in [4.78, 5) is 28.8. The molecule has 4 N–H and O–H groups in total. The average Bonchev–Trinajstić information content (AvgIpc) is 2.91. The second-order valence-corrected chi connectivity index (χ2v) is 4.07. The average molecular weight is 275 g/mol. The highest BCUT2D eigenvalue weighted by atomic mass is 16.6. The second-order valence-electron chi connectivity index (χ2n) is 4.07. The molecule has 0 aliphatic carbocycles. The molecule has 0 fully saturated rings. The number of hydrogen-bond acceptors (Lipinski definition) is 5. The van der Waals surface area contributed by atoms with Crippen LogP contribution >= 0.6 is 0 Å². The minimum atomic E-state index is -0.589. The largest absolute Gasteiger partial charge is 0.393 e. The van der Waals surface area contributed by atoms with Crippen molar-refractivity contribution in [3.63, 3.8) is 0 Å². The normalized spacial score (nSPS) is 10.2. The Labute approximate surface area is 114 Å². The van der Waals surface area contributed by atoms with Gasteiger partial charge in [-0.3, -0.25) is 14.9 Å². The predicted octanol–water partition coefficient (Wildman–Crippen LogP) is 0.873. The molecule has 0 saturated heterocycles. The summed E-state index contributed by atoms with van der Waals surface area (Å²) in [6.07, 6.45) is 3.91. The molecule has 104 valence electrons. The topological polar surface area (TPSA) is 127 Å². The van der Waals surface area contributed by atoms with Gasteiger partial charge < -0.3 is 16.0 Å². The van der Waals surface area contributed by atoms with Crippen LogP contribution in [-0.4, -0.2) is 27.3 Å². The number of imidazole rings is 1. The molecule has 0 aliphatic heterocycles. The number of amides is 1. The lowest BCUT2D eigenvalue weighted by Crippen LogP contribution is -2.26. The fourth-order valence-corrected chi connectivity index (χ4v) is 1.69. The van der Waals surface area contributed by atoms with Crippen LogP contribution in [0.5, 0.6) is 0 Å². The highest BCUT2D eigenvalue weighted by molar-refractivity contribution is 5.95. The van der Waals surface area contributed by atoms with Crippen molar-refractivity contribution in [3.8, 4) is 0 Å². The van der Waals surface area contributed by atoms with Crippen LogP contribution in [0.3, 0.4) is 0 Å². The molecule has 1 aromatic heterocycles. The van der Waals surface area contributed by atoms with Gasteiger partial charge in [-0.25, -0.2) is 4.98 Å². The first kappa shape index (κ1) is 13.5. The van der Waals surface area contributed by atoms with E-state index in [0.717, 1.165) is 5.82 Å². The first-order valence-electron chi connectivity index (χ1n) is 5.88. The summed E-state index contributed by atoms with van der Waals surface area (Å²) in [6.45, 7) is 0.406. The summed E-state index contributed by atoms with van der Waals surface area (Å²) in [7, 11) is 0. The summed E-state index contributed by atoms with van der Waals surface area (Å²) in [5.41, 5.74) is 5.57. The van der Waals surface area contributed by atoms with Gasteiger partial charge in [0.1, 0.15) is 11.5 Å². The zero-order valence-electron chi connectivity index (χ0n) is 10.5. The first-order chi connectivity index (χ1) is 9.58. The van der Waals surface area contributed by atoms with E-state index in [1.807, 2.05) is 0 Å². The zero-order chi connectivity index (χ0) is 14.5.